The largest absolute Gasteiger partial charge is 0.416 e. The summed E-state index contributed by atoms with van der Waals surface area (Å²) in [5.41, 5.74) is 0.208. The third-order valence-electron chi connectivity index (χ3n) is 4.90. The molecule has 0 spiro atoms. The summed E-state index contributed by atoms with van der Waals surface area (Å²) in [6, 6.07) is 3.63. The van der Waals surface area contributed by atoms with E-state index in [-0.39, 0.29) is 17.5 Å². The van der Waals surface area contributed by atoms with Gasteiger partial charge in [-0.1, -0.05) is 6.42 Å². The minimum absolute atomic E-state index is 0.0696. The Hall–Kier alpha value is -1.76. The number of halogens is 3. The van der Waals surface area contributed by atoms with Gasteiger partial charge in [-0.25, -0.2) is 0 Å². The zero-order valence-electron chi connectivity index (χ0n) is 13.7. The van der Waals surface area contributed by atoms with Crippen molar-refractivity contribution in [2.45, 2.75) is 25.4 Å². The molecule has 3 rings (SSSR count). The summed E-state index contributed by atoms with van der Waals surface area (Å²) >= 11 is 0. The van der Waals surface area contributed by atoms with Crippen LogP contribution in [0, 0.1) is 5.92 Å². The van der Waals surface area contributed by atoms with Crippen LogP contribution in [-0.2, 0) is 11.0 Å². The summed E-state index contributed by atoms with van der Waals surface area (Å²) < 4.78 is 39.1. The molecule has 1 aliphatic heterocycles. The number of hydrogen-bond acceptors (Lipinski definition) is 3. The van der Waals surface area contributed by atoms with Crippen LogP contribution in [0.4, 0.5) is 24.5 Å². The lowest BCUT2D eigenvalue weighted by Gasteiger charge is -2.35. The molecule has 1 amide bonds. The van der Waals surface area contributed by atoms with Gasteiger partial charge in [-0.05, 0) is 38.1 Å². The van der Waals surface area contributed by atoms with Gasteiger partial charge in [0.1, 0.15) is 0 Å². The number of likely N-dealkylation sites (N-methyl/N-ethyl adjacent to an activating group) is 1. The number of alkyl halides is 3. The zero-order valence-corrected chi connectivity index (χ0v) is 13.7. The topological polar surface area (TPSA) is 35.6 Å². The molecule has 24 heavy (non-hydrogen) atoms. The van der Waals surface area contributed by atoms with Crippen LogP contribution in [-0.4, -0.2) is 44.0 Å². The van der Waals surface area contributed by atoms with Gasteiger partial charge in [-0.15, -0.1) is 0 Å². The van der Waals surface area contributed by atoms with E-state index in [0.29, 0.717) is 5.69 Å². The molecule has 1 aromatic carbocycles. The van der Waals surface area contributed by atoms with Crippen LogP contribution < -0.4 is 10.2 Å². The maximum absolute atomic E-state index is 13.0. The fourth-order valence-electron chi connectivity index (χ4n) is 3.04. The van der Waals surface area contributed by atoms with Crippen molar-refractivity contribution < 1.29 is 18.0 Å². The lowest BCUT2D eigenvalue weighted by Crippen LogP contribution is -2.44. The van der Waals surface area contributed by atoms with Crippen molar-refractivity contribution in [3.05, 3.63) is 23.8 Å². The number of anilines is 2. The number of nitrogens with zero attached hydrogens (tertiary/aromatic N) is 2. The first kappa shape index (κ1) is 17.1. The highest BCUT2D eigenvalue weighted by Crippen LogP contribution is 2.37. The normalized spacial score (nSPS) is 19.9. The molecule has 2 fully saturated rings. The SMILES string of the molecule is CN1CCN(c2ccc(C(F)(F)F)cc2NC(=O)C2CCC2)CC1. The molecule has 0 aromatic heterocycles. The van der Waals surface area contributed by atoms with Crippen molar-refractivity contribution >= 4 is 17.3 Å². The van der Waals surface area contributed by atoms with Crippen molar-refractivity contribution in [3.8, 4) is 0 Å². The van der Waals surface area contributed by atoms with E-state index < -0.39 is 11.7 Å². The van der Waals surface area contributed by atoms with Gasteiger partial charge >= 0.3 is 6.18 Å². The standard InChI is InChI=1S/C17H22F3N3O/c1-22-7-9-23(10-8-22)15-6-5-13(17(18,19)20)11-14(15)21-16(24)12-3-2-4-12/h5-6,11-12H,2-4,7-10H2,1H3,(H,21,24). The molecule has 1 N–H and O–H groups in total. The smallest absolute Gasteiger partial charge is 0.367 e. The van der Waals surface area contributed by atoms with Gasteiger partial charge in [-0.3, -0.25) is 4.79 Å². The average Bonchev–Trinajstić information content (AvgIpc) is 2.45. The molecule has 1 saturated heterocycles. The number of piperazine rings is 1. The molecule has 7 heteroatoms. The Morgan fingerprint density at radius 1 is 1.17 bits per heavy atom. The summed E-state index contributed by atoms with van der Waals surface area (Å²) in [5.74, 6) is -0.240. The van der Waals surface area contributed by atoms with E-state index in [1.165, 1.54) is 6.07 Å². The fraction of sp³-hybridized carbons (Fsp3) is 0.588. The van der Waals surface area contributed by atoms with Crippen LogP contribution in [0.5, 0.6) is 0 Å². The summed E-state index contributed by atoms with van der Waals surface area (Å²) in [6.45, 7) is 3.15. The number of carbonyl (C=O) groups is 1. The highest BCUT2D eigenvalue weighted by molar-refractivity contribution is 5.96. The van der Waals surface area contributed by atoms with Gasteiger partial charge in [0.2, 0.25) is 5.91 Å². The number of carbonyl (C=O) groups excluding carboxylic acids is 1. The molecule has 2 aliphatic rings. The van der Waals surface area contributed by atoms with Crippen LogP contribution in [0.2, 0.25) is 0 Å². The molecular formula is C17H22F3N3O. The molecule has 0 atom stereocenters. The van der Waals surface area contributed by atoms with Gasteiger partial charge in [0.05, 0.1) is 16.9 Å². The maximum Gasteiger partial charge on any atom is 0.416 e. The Morgan fingerprint density at radius 3 is 2.38 bits per heavy atom. The van der Waals surface area contributed by atoms with E-state index in [2.05, 4.69) is 10.2 Å². The van der Waals surface area contributed by atoms with Gasteiger partial charge < -0.3 is 15.1 Å². The second-order valence-corrected chi connectivity index (χ2v) is 6.64. The fourth-order valence-corrected chi connectivity index (χ4v) is 3.04. The summed E-state index contributed by atoms with van der Waals surface area (Å²) in [4.78, 5) is 16.4. The third-order valence-corrected chi connectivity index (χ3v) is 4.90. The quantitative estimate of drug-likeness (QED) is 0.917. The molecule has 1 aliphatic carbocycles. The van der Waals surface area contributed by atoms with Gasteiger partial charge in [0.25, 0.3) is 0 Å². The Balaban J connectivity index is 1.86. The van der Waals surface area contributed by atoms with E-state index >= 15 is 0 Å². The van der Waals surface area contributed by atoms with E-state index in [1.807, 2.05) is 11.9 Å². The van der Waals surface area contributed by atoms with Crippen LogP contribution in [0.15, 0.2) is 18.2 Å². The van der Waals surface area contributed by atoms with Crippen molar-refractivity contribution in [1.29, 1.82) is 0 Å². The number of benzene rings is 1. The van der Waals surface area contributed by atoms with Crippen molar-refractivity contribution in [2.24, 2.45) is 5.92 Å². The predicted molar refractivity (Wildman–Crippen MR) is 87.1 cm³/mol. The number of amides is 1. The molecule has 1 aromatic rings. The highest BCUT2D eigenvalue weighted by atomic mass is 19.4. The monoisotopic (exact) mass is 341 g/mol. The van der Waals surface area contributed by atoms with Gasteiger partial charge in [-0.2, -0.15) is 13.2 Å². The first-order valence-corrected chi connectivity index (χ1v) is 8.30. The molecule has 132 valence electrons. The zero-order chi connectivity index (χ0) is 17.3. The Kier molecular flexibility index (Phi) is 4.71. The van der Waals surface area contributed by atoms with E-state index in [1.54, 1.807) is 0 Å². The van der Waals surface area contributed by atoms with E-state index in [9.17, 15) is 18.0 Å². The van der Waals surface area contributed by atoms with Gasteiger partial charge in [0, 0.05) is 32.1 Å². The molecular weight excluding hydrogens is 319 g/mol. The first-order chi connectivity index (χ1) is 11.3. The Bertz CT molecular complexity index is 606. The number of hydrogen-bond donors (Lipinski definition) is 1. The molecule has 1 saturated carbocycles. The number of nitrogens with one attached hydrogen (secondary N) is 1. The van der Waals surface area contributed by atoms with Crippen LogP contribution in [0.25, 0.3) is 0 Å². The summed E-state index contributed by atoms with van der Waals surface area (Å²) in [7, 11) is 2.02. The van der Waals surface area contributed by atoms with Crippen molar-refractivity contribution in [1.82, 2.24) is 4.90 Å². The third kappa shape index (κ3) is 3.66. The van der Waals surface area contributed by atoms with E-state index in [0.717, 1.165) is 57.6 Å². The predicted octanol–water partition coefficient (Wildman–Crippen LogP) is 3.20. The number of rotatable bonds is 3. The molecule has 0 unspecified atom stereocenters. The molecule has 0 bridgehead atoms. The second kappa shape index (κ2) is 6.63. The minimum Gasteiger partial charge on any atom is -0.367 e. The summed E-state index contributed by atoms with van der Waals surface area (Å²) in [5, 5.41) is 2.74. The minimum atomic E-state index is -4.42. The van der Waals surface area contributed by atoms with Gasteiger partial charge in [0.15, 0.2) is 0 Å². The molecule has 0 radical (unpaired) electrons. The van der Waals surface area contributed by atoms with Crippen LogP contribution in [0.1, 0.15) is 24.8 Å². The average molecular weight is 341 g/mol. The van der Waals surface area contributed by atoms with Crippen molar-refractivity contribution in [3.63, 3.8) is 0 Å². The Labute approximate surface area is 139 Å². The lowest BCUT2D eigenvalue weighted by molar-refractivity contribution is -0.137. The lowest BCUT2D eigenvalue weighted by atomic mass is 9.85. The first-order valence-electron chi connectivity index (χ1n) is 8.30. The Morgan fingerprint density at radius 2 is 1.83 bits per heavy atom. The highest BCUT2D eigenvalue weighted by Gasteiger charge is 2.33. The summed E-state index contributed by atoms with van der Waals surface area (Å²) in [6.07, 6.45) is -1.79. The van der Waals surface area contributed by atoms with E-state index in [4.69, 9.17) is 0 Å². The van der Waals surface area contributed by atoms with Crippen LogP contribution >= 0.6 is 0 Å². The van der Waals surface area contributed by atoms with Crippen molar-refractivity contribution in [2.75, 3.05) is 43.4 Å². The maximum atomic E-state index is 13.0. The van der Waals surface area contributed by atoms with Crippen LogP contribution in [0.3, 0.4) is 0 Å². The second-order valence-electron chi connectivity index (χ2n) is 6.64. The molecule has 4 nitrogen and oxygen atoms in total. The molecule has 1 heterocycles.